The van der Waals surface area contributed by atoms with Gasteiger partial charge in [0.05, 0.1) is 0 Å². The summed E-state index contributed by atoms with van der Waals surface area (Å²) in [5, 5.41) is 4.00. The van der Waals surface area contributed by atoms with Gasteiger partial charge < -0.3 is 9.88 Å². The molecule has 1 fully saturated rings. The van der Waals surface area contributed by atoms with Crippen molar-refractivity contribution < 1.29 is 9.18 Å². The Morgan fingerprint density at radius 3 is 2.50 bits per heavy atom. The minimum atomic E-state index is -1.77. The summed E-state index contributed by atoms with van der Waals surface area (Å²) in [7, 11) is 2.05. The van der Waals surface area contributed by atoms with Crippen LogP contribution in [0.2, 0.25) is 0 Å². The van der Waals surface area contributed by atoms with E-state index in [-0.39, 0.29) is 12.8 Å². The van der Waals surface area contributed by atoms with Crippen molar-refractivity contribution in [1.29, 1.82) is 0 Å². The number of benzene rings is 2. The van der Waals surface area contributed by atoms with Crippen LogP contribution >= 0.6 is 0 Å². The number of aryl methyl sites for hydroxylation is 1. The second kappa shape index (κ2) is 7.76. The summed E-state index contributed by atoms with van der Waals surface area (Å²) < 4.78 is 17.3. The quantitative estimate of drug-likeness (QED) is 0.732. The van der Waals surface area contributed by atoms with Crippen LogP contribution in [0.25, 0.3) is 10.9 Å². The normalized spacial score (nSPS) is 16.9. The number of para-hydroxylation sites is 1. The molecule has 0 aliphatic carbocycles. The number of nitrogens with zero attached hydrogens (tertiary/aromatic N) is 2. The molecule has 146 valence electrons. The highest BCUT2D eigenvalue weighted by Gasteiger charge is 2.41. The van der Waals surface area contributed by atoms with Gasteiger partial charge in [-0.3, -0.25) is 9.69 Å². The summed E-state index contributed by atoms with van der Waals surface area (Å²) in [6, 6.07) is 17.9. The van der Waals surface area contributed by atoms with Gasteiger partial charge in [-0.2, -0.15) is 0 Å². The highest BCUT2D eigenvalue weighted by molar-refractivity contribution is 5.85. The molecule has 0 saturated carbocycles. The molecule has 0 radical (unpaired) electrons. The van der Waals surface area contributed by atoms with E-state index < -0.39 is 11.6 Å². The minimum Gasteiger partial charge on any atom is -0.350 e. The van der Waals surface area contributed by atoms with Crippen molar-refractivity contribution in [1.82, 2.24) is 14.8 Å². The Balaban J connectivity index is 1.35. The summed E-state index contributed by atoms with van der Waals surface area (Å²) >= 11 is 0. The summed E-state index contributed by atoms with van der Waals surface area (Å²) in [4.78, 5) is 14.7. The lowest BCUT2D eigenvalue weighted by atomic mass is 9.92. The lowest BCUT2D eigenvalue weighted by Crippen LogP contribution is -2.50. The zero-order valence-corrected chi connectivity index (χ0v) is 16.2. The molecule has 1 amide bonds. The number of alkyl halides is 1. The number of carbonyl (C=O) groups excluding carboxylic acids is 1. The highest BCUT2D eigenvalue weighted by atomic mass is 19.1. The second-order valence-electron chi connectivity index (χ2n) is 7.69. The molecule has 28 heavy (non-hydrogen) atoms. The maximum absolute atomic E-state index is 15.2. The monoisotopic (exact) mass is 379 g/mol. The molecule has 0 bridgehead atoms. The smallest absolute Gasteiger partial charge is 0.258 e. The third kappa shape index (κ3) is 3.80. The summed E-state index contributed by atoms with van der Waals surface area (Å²) in [5.41, 5.74) is 1.66. The summed E-state index contributed by atoms with van der Waals surface area (Å²) in [6.07, 6.45) is 2.62. The predicted octanol–water partition coefficient (Wildman–Crippen LogP) is 3.80. The van der Waals surface area contributed by atoms with Crippen LogP contribution in [-0.4, -0.2) is 34.1 Å². The standard InChI is InChI=1S/C23H26FN3O/c1-26-16-19(20-9-5-6-10-21(20)26)17-27-13-11-23(24,12-14-27)22(28)25-15-18-7-3-2-4-8-18/h2-10,16H,11-15,17H2,1H3,(H,25,28). The fourth-order valence-corrected chi connectivity index (χ4v) is 4.02. The molecule has 5 heteroatoms. The number of aromatic nitrogens is 1. The van der Waals surface area contributed by atoms with E-state index >= 15 is 4.39 Å². The van der Waals surface area contributed by atoms with E-state index in [4.69, 9.17) is 0 Å². The number of piperidine rings is 1. The lowest BCUT2D eigenvalue weighted by Gasteiger charge is -2.35. The molecule has 1 aliphatic rings. The van der Waals surface area contributed by atoms with Crippen LogP contribution in [0.3, 0.4) is 0 Å². The Bertz CT molecular complexity index is 958. The average molecular weight is 379 g/mol. The van der Waals surface area contributed by atoms with E-state index in [1.165, 1.54) is 16.5 Å². The Kier molecular flexibility index (Phi) is 5.18. The molecule has 4 rings (SSSR count). The van der Waals surface area contributed by atoms with E-state index in [1.54, 1.807) is 0 Å². The molecule has 2 heterocycles. The average Bonchev–Trinajstić information content (AvgIpc) is 3.04. The molecule has 1 saturated heterocycles. The van der Waals surface area contributed by atoms with Gasteiger partial charge in [0.1, 0.15) is 0 Å². The molecule has 0 atom stereocenters. The van der Waals surface area contributed by atoms with E-state index in [0.29, 0.717) is 19.6 Å². The lowest BCUT2D eigenvalue weighted by molar-refractivity contribution is -0.136. The molecule has 2 aromatic carbocycles. The van der Waals surface area contributed by atoms with Crippen LogP contribution in [-0.2, 0) is 24.9 Å². The zero-order valence-electron chi connectivity index (χ0n) is 16.2. The first-order valence-corrected chi connectivity index (χ1v) is 9.82. The van der Waals surface area contributed by atoms with Gasteiger partial charge in [0.25, 0.3) is 5.91 Å². The Morgan fingerprint density at radius 2 is 1.75 bits per heavy atom. The van der Waals surface area contributed by atoms with Crippen molar-refractivity contribution in [3.63, 3.8) is 0 Å². The van der Waals surface area contributed by atoms with Gasteiger partial charge in [-0.15, -0.1) is 0 Å². The Hall–Kier alpha value is -2.66. The molecule has 1 aromatic heterocycles. The molecule has 0 unspecified atom stereocenters. The molecule has 3 aromatic rings. The molecule has 0 spiro atoms. The van der Waals surface area contributed by atoms with Crippen molar-refractivity contribution in [3.8, 4) is 0 Å². The van der Waals surface area contributed by atoms with Crippen LogP contribution in [0.1, 0.15) is 24.0 Å². The molecule has 1 N–H and O–H groups in total. The fourth-order valence-electron chi connectivity index (χ4n) is 4.02. The van der Waals surface area contributed by atoms with Crippen molar-refractivity contribution in [2.75, 3.05) is 13.1 Å². The van der Waals surface area contributed by atoms with Crippen molar-refractivity contribution >= 4 is 16.8 Å². The first-order chi connectivity index (χ1) is 13.5. The first kappa shape index (κ1) is 18.7. The first-order valence-electron chi connectivity index (χ1n) is 9.82. The van der Waals surface area contributed by atoms with Crippen LogP contribution < -0.4 is 5.32 Å². The largest absolute Gasteiger partial charge is 0.350 e. The molecular formula is C23H26FN3O. The van der Waals surface area contributed by atoms with E-state index in [9.17, 15) is 4.79 Å². The van der Waals surface area contributed by atoms with E-state index in [1.807, 2.05) is 49.5 Å². The van der Waals surface area contributed by atoms with Gasteiger partial charge in [0.2, 0.25) is 0 Å². The van der Waals surface area contributed by atoms with E-state index in [0.717, 1.165) is 12.1 Å². The number of likely N-dealkylation sites (tertiary alicyclic amines) is 1. The van der Waals surface area contributed by atoms with Gasteiger partial charge in [-0.05, 0) is 17.2 Å². The minimum absolute atomic E-state index is 0.235. The van der Waals surface area contributed by atoms with Gasteiger partial charge in [-0.25, -0.2) is 4.39 Å². The molecule has 4 nitrogen and oxygen atoms in total. The van der Waals surface area contributed by atoms with Crippen LogP contribution in [0.15, 0.2) is 60.8 Å². The van der Waals surface area contributed by atoms with Gasteiger partial charge in [-0.1, -0.05) is 48.5 Å². The van der Waals surface area contributed by atoms with Crippen molar-refractivity contribution in [2.24, 2.45) is 7.05 Å². The second-order valence-corrected chi connectivity index (χ2v) is 7.69. The number of amides is 1. The SMILES string of the molecule is Cn1cc(CN2CCC(F)(C(=O)NCc3ccccc3)CC2)c2ccccc21. The van der Waals surface area contributed by atoms with Gasteiger partial charge >= 0.3 is 0 Å². The number of hydrogen-bond donors (Lipinski definition) is 1. The number of hydrogen-bond acceptors (Lipinski definition) is 2. The predicted molar refractivity (Wildman–Crippen MR) is 110 cm³/mol. The van der Waals surface area contributed by atoms with Gasteiger partial charge in [0, 0.05) is 63.2 Å². The number of carbonyl (C=O) groups is 1. The van der Waals surface area contributed by atoms with Crippen molar-refractivity contribution in [2.45, 2.75) is 31.6 Å². The van der Waals surface area contributed by atoms with E-state index in [2.05, 4.69) is 33.1 Å². The number of halogens is 1. The summed E-state index contributed by atoms with van der Waals surface area (Å²) in [6.45, 7) is 2.31. The van der Waals surface area contributed by atoms with Crippen LogP contribution in [0, 0.1) is 0 Å². The van der Waals surface area contributed by atoms with Crippen LogP contribution in [0.5, 0.6) is 0 Å². The third-order valence-corrected chi connectivity index (χ3v) is 5.72. The Morgan fingerprint density at radius 1 is 1.07 bits per heavy atom. The van der Waals surface area contributed by atoms with Crippen LogP contribution in [0.4, 0.5) is 4.39 Å². The maximum atomic E-state index is 15.2. The highest BCUT2D eigenvalue weighted by Crippen LogP contribution is 2.29. The molecular weight excluding hydrogens is 353 g/mol. The molecule has 1 aliphatic heterocycles. The number of rotatable bonds is 5. The maximum Gasteiger partial charge on any atom is 0.258 e. The zero-order chi connectivity index (χ0) is 19.6. The van der Waals surface area contributed by atoms with Gasteiger partial charge in [0.15, 0.2) is 5.67 Å². The summed E-state index contributed by atoms with van der Waals surface area (Å²) in [5.74, 6) is -0.485. The van der Waals surface area contributed by atoms with Crippen molar-refractivity contribution in [3.05, 3.63) is 71.9 Å². The fraction of sp³-hybridized carbons (Fsp3) is 0.348. The third-order valence-electron chi connectivity index (χ3n) is 5.72. The Labute approximate surface area is 165 Å². The number of fused-ring (bicyclic) bond motifs is 1. The topological polar surface area (TPSA) is 37.3 Å². The number of nitrogens with one attached hydrogen (secondary N) is 1.